The second kappa shape index (κ2) is 5.50. The Labute approximate surface area is 100 Å². The van der Waals surface area contributed by atoms with Crippen LogP contribution in [0.25, 0.3) is 0 Å². The van der Waals surface area contributed by atoms with Crippen molar-refractivity contribution >= 4 is 17.6 Å². The third-order valence-electron chi connectivity index (χ3n) is 2.97. The van der Waals surface area contributed by atoms with Gasteiger partial charge in [0.25, 0.3) is 0 Å². The van der Waals surface area contributed by atoms with Crippen LogP contribution < -0.4 is 11.3 Å². The van der Waals surface area contributed by atoms with Crippen LogP contribution in [0.2, 0.25) is 0 Å². The van der Waals surface area contributed by atoms with Gasteiger partial charge >= 0.3 is 0 Å². The quantitative estimate of drug-likeness (QED) is 0.481. The fraction of sp³-hybridized carbons (Fsp3) is 0.636. The van der Waals surface area contributed by atoms with E-state index < -0.39 is 0 Å². The van der Waals surface area contributed by atoms with Gasteiger partial charge in [0.05, 0.1) is 0 Å². The molecule has 0 aromatic carbocycles. The van der Waals surface area contributed by atoms with Crippen molar-refractivity contribution in [3.63, 3.8) is 0 Å². The van der Waals surface area contributed by atoms with E-state index in [1.165, 1.54) is 25.7 Å². The summed E-state index contributed by atoms with van der Waals surface area (Å²) in [6, 6.07) is 1.91. The lowest BCUT2D eigenvalue weighted by Crippen LogP contribution is -2.15. The maximum Gasteiger partial charge on any atom is 0.144 e. The number of hydrazine groups is 1. The molecule has 0 aliphatic heterocycles. The fourth-order valence-electron chi connectivity index (χ4n) is 2.14. The van der Waals surface area contributed by atoms with Gasteiger partial charge in [-0.1, -0.05) is 19.8 Å². The van der Waals surface area contributed by atoms with Gasteiger partial charge in [0, 0.05) is 11.3 Å². The Morgan fingerprint density at radius 1 is 1.44 bits per heavy atom. The first-order chi connectivity index (χ1) is 7.78. The molecule has 5 heteroatoms. The number of hydrogen-bond acceptors (Lipinski definition) is 5. The number of hydrogen-bond donors (Lipinski definition) is 2. The van der Waals surface area contributed by atoms with E-state index in [9.17, 15) is 0 Å². The predicted molar refractivity (Wildman–Crippen MR) is 67.1 cm³/mol. The Bertz CT molecular complexity index is 345. The summed E-state index contributed by atoms with van der Waals surface area (Å²) in [5, 5.41) is 1.71. The Morgan fingerprint density at radius 2 is 2.31 bits per heavy atom. The van der Waals surface area contributed by atoms with Crippen LogP contribution >= 0.6 is 11.8 Å². The molecule has 3 N–H and O–H groups in total. The molecule has 16 heavy (non-hydrogen) atoms. The summed E-state index contributed by atoms with van der Waals surface area (Å²) >= 11 is 1.85. The van der Waals surface area contributed by atoms with Gasteiger partial charge in [-0.25, -0.2) is 15.8 Å². The van der Waals surface area contributed by atoms with Crippen molar-refractivity contribution in [1.29, 1.82) is 0 Å². The van der Waals surface area contributed by atoms with Crippen molar-refractivity contribution in [1.82, 2.24) is 9.97 Å². The van der Waals surface area contributed by atoms with Crippen LogP contribution in [0.15, 0.2) is 17.4 Å². The average molecular weight is 238 g/mol. The molecular formula is C11H18N4S. The summed E-state index contributed by atoms with van der Waals surface area (Å²) in [6.45, 7) is 2.33. The van der Waals surface area contributed by atoms with Crippen LogP contribution in [0.5, 0.6) is 0 Å². The lowest BCUT2D eigenvalue weighted by atomic mass is 9.91. The van der Waals surface area contributed by atoms with Gasteiger partial charge in [-0.05, 0) is 18.8 Å². The zero-order chi connectivity index (χ0) is 11.4. The van der Waals surface area contributed by atoms with E-state index in [1.807, 2.05) is 17.8 Å². The maximum atomic E-state index is 5.32. The van der Waals surface area contributed by atoms with Gasteiger partial charge in [-0.15, -0.1) is 11.8 Å². The standard InChI is InChI=1S/C11H18N4S/c1-8-3-2-4-9(5-8)16-11-6-10(15-12)13-7-14-11/h6-9H,2-5,12H2,1H3,(H,13,14,15). The molecule has 0 bridgehead atoms. The minimum absolute atomic E-state index is 0.682. The summed E-state index contributed by atoms with van der Waals surface area (Å²) in [5.74, 6) is 6.85. The molecule has 0 amide bonds. The van der Waals surface area contributed by atoms with Crippen molar-refractivity contribution in [2.45, 2.75) is 42.9 Å². The Balaban J connectivity index is 1.97. The fourth-order valence-corrected chi connectivity index (χ4v) is 3.48. The number of nitrogens with one attached hydrogen (secondary N) is 1. The van der Waals surface area contributed by atoms with Crippen molar-refractivity contribution < 1.29 is 0 Å². The lowest BCUT2D eigenvalue weighted by Gasteiger charge is -2.25. The second-order valence-corrected chi connectivity index (χ2v) is 5.72. The molecule has 88 valence electrons. The Hall–Kier alpha value is -0.810. The molecule has 4 nitrogen and oxygen atoms in total. The highest BCUT2D eigenvalue weighted by atomic mass is 32.2. The SMILES string of the molecule is CC1CCCC(Sc2cc(NN)ncn2)C1. The summed E-state index contributed by atoms with van der Waals surface area (Å²) in [6.07, 6.45) is 6.86. The summed E-state index contributed by atoms with van der Waals surface area (Å²) in [7, 11) is 0. The second-order valence-electron chi connectivity index (χ2n) is 4.40. The summed E-state index contributed by atoms with van der Waals surface area (Å²) < 4.78 is 0. The number of nitrogens with two attached hydrogens (primary N) is 1. The maximum absolute atomic E-state index is 5.32. The van der Waals surface area contributed by atoms with E-state index in [-0.39, 0.29) is 0 Å². The first kappa shape index (κ1) is 11.7. The molecule has 2 atom stereocenters. The predicted octanol–water partition coefficient (Wildman–Crippen LogP) is 2.43. The van der Waals surface area contributed by atoms with Crippen molar-refractivity contribution in [2.75, 3.05) is 5.43 Å². The van der Waals surface area contributed by atoms with Crippen LogP contribution in [0.4, 0.5) is 5.82 Å². The largest absolute Gasteiger partial charge is 0.308 e. The van der Waals surface area contributed by atoms with Crippen LogP contribution in [0.3, 0.4) is 0 Å². The molecule has 0 saturated heterocycles. The minimum Gasteiger partial charge on any atom is -0.308 e. The molecule has 1 saturated carbocycles. The zero-order valence-electron chi connectivity index (χ0n) is 9.52. The average Bonchev–Trinajstić information content (AvgIpc) is 2.29. The van der Waals surface area contributed by atoms with Crippen LogP contribution in [0.1, 0.15) is 32.6 Å². The number of rotatable bonds is 3. The highest BCUT2D eigenvalue weighted by molar-refractivity contribution is 7.99. The number of anilines is 1. The molecule has 0 radical (unpaired) electrons. The van der Waals surface area contributed by atoms with Crippen molar-refractivity contribution in [3.05, 3.63) is 12.4 Å². The Morgan fingerprint density at radius 3 is 3.06 bits per heavy atom. The van der Waals surface area contributed by atoms with E-state index in [1.54, 1.807) is 6.33 Å². The summed E-state index contributed by atoms with van der Waals surface area (Å²) in [4.78, 5) is 8.27. The molecule has 1 aromatic rings. The third-order valence-corrected chi connectivity index (χ3v) is 4.19. The number of thioether (sulfide) groups is 1. The smallest absolute Gasteiger partial charge is 0.144 e. The van der Waals surface area contributed by atoms with Gasteiger partial charge in [0.2, 0.25) is 0 Å². The van der Waals surface area contributed by atoms with Crippen LogP contribution in [-0.4, -0.2) is 15.2 Å². The van der Waals surface area contributed by atoms with E-state index in [4.69, 9.17) is 5.84 Å². The first-order valence-corrected chi connectivity index (χ1v) is 6.61. The molecule has 1 heterocycles. The van der Waals surface area contributed by atoms with Gasteiger partial charge < -0.3 is 5.43 Å². The molecule has 0 spiro atoms. The molecular weight excluding hydrogens is 220 g/mol. The first-order valence-electron chi connectivity index (χ1n) is 5.73. The molecule has 1 aliphatic rings. The molecule has 2 rings (SSSR count). The van der Waals surface area contributed by atoms with E-state index in [0.29, 0.717) is 11.1 Å². The van der Waals surface area contributed by atoms with E-state index in [2.05, 4.69) is 22.3 Å². The van der Waals surface area contributed by atoms with E-state index in [0.717, 1.165) is 10.9 Å². The molecule has 1 fully saturated rings. The number of nitrogens with zero attached hydrogens (tertiary/aromatic N) is 2. The summed E-state index contributed by atoms with van der Waals surface area (Å²) in [5.41, 5.74) is 2.55. The number of nitrogen functional groups attached to an aromatic ring is 1. The van der Waals surface area contributed by atoms with Gasteiger partial charge in [0.15, 0.2) is 0 Å². The van der Waals surface area contributed by atoms with Crippen molar-refractivity contribution in [3.8, 4) is 0 Å². The zero-order valence-corrected chi connectivity index (χ0v) is 10.3. The topological polar surface area (TPSA) is 63.8 Å². The molecule has 2 unspecified atom stereocenters. The van der Waals surface area contributed by atoms with Crippen molar-refractivity contribution in [2.24, 2.45) is 11.8 Å². The highest BCUT2D eigenvalue weighted by Crippen LogP contribution is 2.35. The number of aromatic nitrogens is 2. The van der Waals surface area contributed by atoms with Gasteiger partial charge in [-0.2, -0.15) is 0 Å². The van der Waals surface area contributed by atoms with Gasteiger partial charge in [0.1, 0.15) is 17.2 Å². The van der Waals surface area contributed by atoms with Crippen LogP contribution in [-0.2, 0) is 0 Å². The normalized spacial score (nSPS) is 25.4. The van der Waals surface area contributed by atoms with Crippen LogP contribution in [0, 0.1) is 5.92 Å². The van der Waals surface area contributed by atoms with E-state index >= 15 is 0 Å². The Kier molecular flexibility index (Phi) is 4.01. The third kappa shape index (κ3) is 3.09. The monoisotopic (exact) mass is 238 g/mol. The molecule has 1 aromatic heterocycles. The lowest BCUT2D eigenvalue weighted by molar-refractivity contribution is 0.394. The molecule has 1 aliphatic carbocycles. The highest BCUT2D eigenvalue weighted by Gasteiger charge is 2.20. The minimum atomic E-state index is 0.682. The van der Waals surface area contributed by atoms with Gasteiger partial charge in [-0.3, -0.25) is 0 Å².